The molecule has 1 rings (SSSR count). The van der Waals surface area contributed by atoms with Gasteiger partial charge in [0.15, 0.2) is 5.82 Å². The van der Waals surface area contributed by atoms with E-state index in [1.807, 2.05) is 19.2 Å². The zero-order valence-electron chi connectivity index (χ0n) is 6.57. The Labute approximate surface area is 66.1 Å². The molecule has 0 aliphatic heterocycles. The summed E-state index contributed by atoms with van der Waals surface area (Å²) in [6.45, 7) is 5.64. The smallest absolute Gasteiger partial charge is 0.154 e. The number of aliphatic imine (C=N–C) groups is 1. The summed E-state index contributed by atoms with van der Waals surface area (Å²) in [5.41, 5.74) is 0. The third kappa shape index (κ3) is 1.77. The average molecular weight is 149 g/mol. The largest absolute Gasteiger partial charge is 0.242 e. The molecule has 3 heteroatoms. The molecule has 0 saturated heterocycles. The van der Waals surface area contributed by atoms with Crippen LogP contribution in [0.5, 0.6) is 0 Å². The summed E-state index contributed by atoms with van der Waals surface area (Å²) in [4.78, 5) is 4.16. The van der Waals surface area contributed by atoms with E-state index < -0.39 is 0 Å². The van der Waals surface area contributed by atoms with Crippen LogP contribution >= 0.6 is 0 Å². The first kappa shape index (κ1) is 7.72. The van der Waals surface area contributed by atoms with E-state index in [1.165, 1.54) is 0 Å². The molecule has 0 atom stereocenters. The highest BCUT2D eigenvalue weighted by Gasteiger charge is 1.92. The lowest BCUT2D eigenvalue weighted by molar-refractivity contribution is 0.935. The van der Waals surface area contributed by atoms with Crippen molar-refractivity contribution in [2.24, 2.45) is 4.99 Å². The van der Waals surface area contributed by atoms with Crippen molar-refractivity contribution in [3.8, 4) is 0 Å². The zero-order chi connectivity index (χ0) is 8.10. The second-order valence-electron chi connectivity index (χ2n) is 2.04. The van der Waals surface area contributed by atoms with Crippen molar-refractivity contribution in [3.05, 3.63) is 18.8 Å². The van der Waals surface area contributed by atoms with Crippen LogP contribution in [0.25, 0.3) is 6.20 Å². The van der Waals surface area contributed by atoms with Gasteiger partial charge in [0.05, 0.1) is 6.20 Å². The van der Waals surface area contributed by atoms with Gasteiger partial charge in [-0.2, -0.15) is 5.10 Å². The Morgan fingerprint density at radius 2 is 2.64 bits per heavy atom. The maximum Gasteiger partial charge on any atom is 0.154 e. The van der Waals surface area contributed by atoms with Crippen LogP contribution in [0.4, 0.5) is 5.82 Å². The lowest BCUT2D eigenvalue weighted by atomic mass is 10.5. The van der Waals surface area contributed by atoms with Gasteiger partial charge in [0.1, 0.15) is 0 Å². The fourth-order valence-electron chi connectivity index (χ4n) is 0.735. The van der Waals surface area contributed by atoms with E-state index in [1.54, 1.807) is 17.1 Å². The molecule has 58 valence electrons. The molecule has 0 spiro atoms. The van der Waals surface area contributed by atoms with Crippen molar-refractivity contribution in [2.75, 3.05) is 0 Å². The molecular weight excluding hydrogens is 138 g/mol. The van der Waals surface area contributed by atoms with E-state index in [4.69, 9.17) is 0 Å². The summed E-state index contributed by atoms with van der Waals surface area (Å²) < 4.78 is 1.63. The number of hydrogen-bond donors (Lipinski definition) is 0. The molecule has 0 unspecified atom stereocenters. The van der Waals surface area contributed by atoms with Crippen molar-refractivity contribution in [1.82, 2.24) is 9.78 Å². The molecular formula is C8H11N3. The molecule has 0 aliphatic carbocycles. The molecule has 0 amide bonds. The Hall–Kier alpha value is -1.38. The van der Waals surface area contributed by atoms with Crippen molar-refractivity contribution in [3.63, 3.8) is 0 Å². The molecule has 0 bridgehead atoms. The Morgan fingerprint density at radius 3 is 3.27 bits per heavy atom. The highest BCUT2D eigenvalue weighted by Crippen LogP contribution is 2.09. The first-order chi connectivity index (χ1) is 5.38. The maximum atomic E-state index is 4.16. The van der Waals surface area contributed by atoms with Crippen LogP contribution in [0, 0.1) is 0 Å². The van der Waals surface area contributed by atoms with Crippen molar-refractivity contribution < 1.29 is 0 Å². The molecule has 1 heterocycles. The molecule has 0 N–H and O–H groups in total. The fraction of sp³-hybridized carbons (Fsp3) is 0.250. The first-order valence-electron chi connectivity index (χ1n) is 3.57. The monoisotopic (exact) mass is 149 g/mol. The number of rotatable bonds is 3. The van der Waals surface area contributed by atoms with E-state index >= 15 is 0 Å². The van der Waals surface area contributed by atoms with Gasteiger partial charge < -0.3 is 0 Å². The van der Waals surface area contributed by atoms with E-state index in [0.29, 0.717) is 0 Å². The Balaban J connectivity index is 2.84. The van der Waals surface area contributed by atoms with Crippen LogP contribution in [0.3, 0.4) is 0 Å². The molecule has 11 heavy (non-hydrogen) atoms. The van der Waals surface area contributed by atoms with E-state index in [2.05, 4.69) is 16.7 Å². The van der Waals surface area contributed by atoms with E-state index in [9.17, 15) is 0 Å². The summed E-state index contributed by atoms with van der Waals surface area (Å²) in [6.07, 6.45) is 6.10. The predicted molar refractivity (Wildman–Crippen MR) is 47.1 cm³/mol. The first-order valence-corrected chi connectivity index (χ1v) is 3.57. The SMILES string of the molecule is C=Cn1nccc1N=CCC. The van der Waals surface area contributed by atoms with Crippen LogP contribution in [-0.4, -0.2) is 16.0 Å². The minimum atomic E-state index is 0.821. The normalized spacial score (nSPS) is 10.6. The molecule has 0 radical (unpaired) electrons. The lowest BCUT2D eigenvalue weighted by Gasteiger charge is -1.92. The Kier molecular flexibility index (Phi) is 2.60. The topological polar surface area (TPSA) is 30.2 Å². The summed E-state index contributed by atoms with van der Waals surface area (Å²) in [5.74, 6) is 0.821. The van der Waals surface area contributed by atoms with Crippen LogP contribution < -0.4 is 0 Å². The fourth-order valence-corrected chi connectivity index (χ4v) is 0.735. The minimum Gasteiger partial charge on any atom is -0.242 e. The average Bonchev–Trinajstić information content (AvgIpc) is 2.47. The predicted octanol–water partition coefficient (Wildman–Crippen LogP) is 2.10. The zero-order valence-corrected chi connectivity index (χ0v) is 6.57. The Bertz CT molecular complexity index is 260. The van der Waals surface area contributed by atoms with Gasteiger partial charge in [0.2, 0.25) is 0 Å². The van der Waals surface area contributed by atoms with Crippen molar-refractivity contribution >= 4 is 18.2 Å². The van der Waals surface area contributed by atoms with Gasteiger partial charge in [0, 0.05) is 18.5 Å². The molecule has 1 aromatic heterocycles. The van der Waals surface area contributed by atoms with Gasteiger partial charge in [0.25, 0.3) is 0 Å². The summed E-state index contributed by atoms with van der Waals surface area (Å²) >= 11 is 0. The maximum absolute atomic E-state index is 4.16. The third-order valence-electron chi connectivity index (χ3n) is 1.23. The highest BCUT2D eigenvalue weighted by atomic mass is 15.3. The standard InChI is InChI=1S/C8H11N3/c1-3-6-9-8-5-7-10-11(8)4-2/h4-7H,2-3H2,1H3. The van der Waals surface area contributed by atoms with E-state index in [-0.39, 0.29) is 0 Å². The van der Waals surface area contributed by atoms with E-state index in [0.717, 1.165) is 12.2 Å². The van der Waals surface area contributed by atoms with Gasteiger partial charge in [-0.15, -0.1) is 0 Å². The molecule has 3 nitrogen and oxygen atoms in total. The van der Waals surface area contributed by atoms with Gasteiger partial charge in [-0.3, -0.25) is 0 Å². The van der Waals surface area contributed by atoms with Crippen molar-refractivity contribution in [1.29, 1.82) is 0 Å². The van der Waals surface area contributed by atoms with Crippen LogP contribution in [0.2, 0.25) is 0 Å². The summed E-state index contributed by atoms with van der Waals surface area (Å²) in [5, 5.41) is 3.97. The second kappa shape index (κ2) is 3.71. The van der Waals surface area contributed by atoms with Crippen LogP contribution in [-0.2, 0) is 0 Å². The quantitative estimate of drug-likeness (QED) is 0.605. The summed E-state index contributed by atoms with van der Waals surface area (Å²) in [7, 11) is 0. The number of nitrogens with zero attached hydrogens (tertiary/aromatic N) is 3. The lowest BCUT2D eigenvalue weighted by Crippen LogP contribution is -1.85. The second-order valence-corrected chi connectivity index (χ2v) is 2.04. The highest BCUT2D eigenvalue weighted by molar-refractivity contribution is 5.61. The molecule has 0 saturated carbocycles. The molecule has 0 fully saturated rings. The number of hydrogen-bond acceptors (Lipinski definition) is 2. The minimum absolute atomic E-state index is 0.821. The van der Waals surface area contributed by atoms with Gasteiger partial charge >= 0.3 is 0 Å². The molecule has 0 aliphatic rings. The summed E-state index contributed by atoms with van der Waals surface area (Å²) in [6, 6.07) is 1.84. The molecule has 1 aromatic rings. The third-order valence-corrected chi connectivity index (χ3v) is 1.23. The molecule has 0 aromatic carbocycles. The van der Waals surface area contributed by atoms with Crippen molar-refractivity contribution in [2.45, 2.75) is 13.3 Å². The van der Waals surface area contributed by atoms with Gasteiger partial charge in [-0.1, -0.05) is 13.5 Å². The van der Waals surface area contributed by atoms with Crippen LogP contribution in [0.1, 0.15) is 13.3 Å². The van der Waals surface area contributed by atoms with Crippen LogP contribution in [0.15, 0.2) is 23.8 Å². The van der Waals surface area contributed by atoms with Gasteiger partial charge in [-0.25, -0.2) is 9.67 Å². The Morgan fingerprint density at radius 1 is 1.82 bits per heavy atom. The van der Waals surface area contributed by atoms with Gasteiger partial charge in [-0.05, 0) is 6.42 Å². The number of aromatic nitrogens is 2.